The third-order valence-electron chi connectivity index (χ3n) is 3.53. The van der Waals surface area contributed by atoms with E-state index in [1.807, 2.05) is 12.1 Å². The predicted molar refractivity (Wildman–Crippen MR) is 86.1 cm³/mol. The normalized spacial score (nSPS) is 12.4. The van der Waals surface area contributed by atoms with Gasteiger partial charge in [-0.05, 0) is 54.7 Å². The van der Waals surface area contributed by atoms with Crippen molar-refractivity contribution in [1.29, 1.82) is 0 Å². The monoisotopic (exact) mass is 308 g/mol. The first-order valence-corrected chi connectivity index (χ1v) is 7.24. The van der Waals surface area contributed by atoms with E-state index < -0.39 is 0 Å². The molecule has 2 rings (SSSR count). The van der Waals surface area contributed by atoms with Gasteiger partial charge in [0.05, 0.1) is 6.04 Å². The summed E-state index contributed by atoms with van der Waals surface area (Å²) in [5, 5.41) is 1.31. The average Bonchev–Trinajstić information content (AvgIpc) is 2.39. The molecule has 106 valence electrons. The summed E-state index contributed by atoms with van der Waals surface area (Å²) in [5.74, 6) is 5.75. The highest BCUT2D eigenvalue weighted by Crippen LogP contribution is 2.28. The Morgan fingerprint density at radius 2 is 1.75 bits per heavy atom. The molecule has 4 heteroatoms. The van der Waals surface area contributed by atoms with Crippen molar-refractivity contribution < 1.29 is 0 Å². The van der Waals surface area contributed by atoms with Crippen LogP contribution < -0.4 is 11.3 Å². The summed E-state index contributed by atoms with van der Waals surface area (Å²) in [4.78, 5) is 0. The Balaban J connectivity index is 2.34. The Morgan fingerprint density at radius 3 is 2.30 bits per heavy atom. The maximum Gasteiger partial charge on any atom is 0.0506 e. The van der Waals surface area contributed by atoms with Gasteiger partial charge in [0.15, 0.2) is 0 Å². The number of hydrazine groups is 1. The van der Waals surface area contributed by atoms with Crippen molar-refractivity contribution in [1.82, 2.24) is 5.43 Å². The number of nitrogens with two attached hydrogens (primary N) is 1. The fraction of sp³-hybridized carbons (Fsp3) is 0.250. The second-order valence-electron chi connectivity index (χ2n) is 4.96. The van der Waals surface area contributed by atoms with Crippen LogP contribution in [0.2, 0.25) is 10.0 Å². The minimum atomic E-state index is 0.0230. The van der Waals surface area contributed by atoms with Crippen molar-refractivity contribution in [3.05, 3.63) is 68.7 Å². The summed E-state index contributed by atoms with van der Waals surface area (Å²) in [6.45, 7) is 4.19. The lowest BCUT2D eigenvalue weighted by Crippen LogP contribution is -2.30. The number of halogens is 2. The van der Waals surface area contributed by atoms with Gasteiger partial charge in [-0.2, -0.15) is 0 Å². The molecule has 0 spiro atoms. The van der Waals surface area contributed by atoms with Gasteiger partial charge < -0.3 is 0 Å². The maximum atomic E-state index is 6.24. The second-order valence-corrected chi connectivity index (χ2v) is 5.81. The number of hydrogen-bond acceptors (Lipinski definition) is 2. The van der Waals surface area contributed by atoms with E-state index in [0.29, 0.717) is 10.0 Å². The predicted octanol–water partition coefficient (Wildman–Crippen LogP) is 4.36. The molecule has 3 N–H and O–H groups in total. The molecule has 0 aliphatic rings. The number of benzene rings is 2. The molecule has 0 radical (unpaired) electrons. The lowest BCUT2D eigenvalue weighted by Gasteiger charge is -2.21. The minimum Gasteiger partial charge on any atom is -0.271 e. The van der Waals surface area contributed by atoms with Gasteiger partial charge in [-0.1, -0.05) is 47.5 Å². The summed E-state index contributed by atoms with van der Waals surface area (Å²) in [7, 11) is 0. The Morgan fingerprint density at radius 1 is 1.10 bits per heavy atom. The standard InChI is InChI=1S/C16H18Cl2N2/c1-10-4-3-5-11(2)16(10)15(20-19)8-12-6-7-13(17)9-14(12)18/h3-7,9,15,20H,8,19H2,1-2H3. The molecule has 0 aliphatic carbocycles. The Labute approximate surface area is 129 Å². The molecule has 0 fully saturated rings. The lowest BCUT2D eigenvalue weighted by atomic mass is 9.92. The van der Waals surface area contributed by atoms with Crippen molar-refractivity contribution in [3.8, 4) is 0 Å². The van der Waals surface area contributed by atoms with E-state index in [4.69, 9.17) is 29.0 Å². The van der Waals surface area contributed by atoms with Crippen molar-refractivity contribution in [3.63, 3.8) is 0 Å². The second kappa shape index (κ2) is 6.59. The minimum absolute atomic E-state index is 0.0230. The van der Waals surface area contributed by atoms with Crippen LogP contribution in [0.3, 0.4) is 0 Å². The number of hydrogen-bond donors (Lipinski definition) is 2. The zero-order valence-electron chi connectivity index (χ0n) is 11.6. The first-order valence-electron chi connectivity index (χ1n) is 6.49. The van der Waals surface area contributed by atoms with Gasteiger partial charge >= 0.3 is 0 Å². The van der Waals surface area contributed by atoms with Gasteiger partial charge in [0, 0.05) is 10.0 Å². The van der Waals surface area contributed by atoms with Gasteiger partial charge in [0.2, 0.25) is 0 Å². The van der Waals surface area contributed by atoms with E-state index >= 15 is 0 Å². The van der Waals surface area contributed by atoms with E-state index in [1.54, 1.807) is 6.07 Å². The molecule has 2 nitrogen and oxygen atoms in total. The zero-order valence-corrected chi connectivity index (χ0v) is 13.1. The van der Waals surface area contributed by atoms with Crippen molar-refractivity contribution in [2.75, 3.05) is 0 Å². The molecule has 0 saturated heterocycles. The summed E-state index contributed by atoms with van der Waals surface area (Å²) in [6, 6.07) is 11.8. The molecule has 0 heterocycles. The van der Waals surface area contributed by atoms with Crippen LogP contribution in [0.15, 0.2) is 36.4 Å². The van der Waals surface area contributed by atoms with Gasteiger partial charge in [0.25, 0.3) is 0 Å². The summed E-state index contributed by atoms with van der Waals surface area (Å²) in [6.07, 6.45) is 0.720. The highest BCUT2D eigenvalue weighted by atomic mass is 35.5. The SMILES string of the molecule is Cc1cccc(C)c1C(Cc1ccc(Cl)cc1Cl)NN. The third-order valence-corrected chi connectivity index (χ3v) is 4.12. The van der Waals surface area contributed by atoms with Crippen LogP contribution in [0.1, 0.15) is 28.3 Å². The Bertz CT molecular complexity index is 591. The van der Waals surface area contributed by atoms with Crippen molar-refractivity contribution in [2.45, 2.75) is 26.3 Å². The van der Waals surface area contributed by atoms with Crippen LogP contribution >= 0.6 is 23.2 Å². The molecular formula is C16H18Cl2N2. The molecular weight excluding hydrogens is 291 g/mol. The molecule has 2 aromatic rings. The molecule has 1 unspecified atom stereocenters. The van der Waals surface area contributed by atoms with Gasteiger partial charge in [-0.15, -0.1) is 0 Å². The van der Waals surface area contributed by atoms with E-state index in [-0.39, 0.29) is 6.04 Å². The van der Waals surface area contributed by atoms with Crippen LogP contribution in [-0.4, -0.2) is 0 Å². The maximum absolute atomic E-state index is 6.24. The molecule has 2 aromatic carbocycles. The van der Waals surface area contributed by atoms with Crippen LogP contribution in [0.4, 0.5) is 0 Å². The quantitative estimate of drug-likeness (QED) is 0.650. The van der Waals surface area contributed by atoms with Gasteiger partial charge in [0.1, 0.15) is 0 Å². The van der Waals surface area contributed by atoms with Gasteiger partial charge in [-0.25, -0.2) is 0 Å². The molecule has 0 bridgehead atoms. The highest BCUT2D eigenvalue weighted by molar-refractivity contribution is 6.35. The molecule has 20 heavy (non-hydrogen) atoms. The van der Waals surface area contributed by atoms with Gasteiger partial charge in [-0.3, -0.25) is 11.3 Å². The van der Waals surface area contributed by atoms with E-state index in [9.17, 15) is 0 Å². The first kappa shape index (κ1) is 15.3. The molecule has 0 amide bonds. The third kappa shape index (κ3) is 3.33. The highest BCUT2D eigenvalue weighted by Gasteiger charge is 2.16. The zero-order chi connectivity index (χ0) is 14.7. The largest absolute Gasteiger partial charge is 0.271 e. The van der Waals surface area contributed by atoms with Crippen LogP contribution in [0.25, 0.3) is 0 Å². The van der Waals surface area contributed by atoms with Crippen LogP contribution in [0.5, 0.6) is 0 Å². The lowest BCUT2D eigenvalue weighted by molar-refractivity contribution is 0.547. The summed E-state index contributed by atoms with van der Waals surface area (Å²) < 4.78 is 0. The number of rotatable bonds is 4. The number of nitrogens with one attached hydrogen (secondary N) is 1. The van der Waals surface area contributed by atoms with E-state index in [2.05, 4.69) is 37.5 Å². The fourth-order valence-electron chi connectivity index (χ4n) is 2.53. The molecule has 0 aliphatic heterocycles. The smallest absolute Gasteiger partial charge is 0.0506 e. The summed E-state index contributed by atoms with van der Waals surface area (Å²) in [5.41, 5.74) is 7.59. The van der Waals surface area contributed by atoms with Crippen molar-refractivity contribution in [2.24, 2.45) is 5.84 Å². The topological polar surface area (TPSA) is 38.0 Å². The Kier molecular flexibility index (Phi) is 5.06. The first-order chi connectivity index (χ1) is 9.52. The van der Waals surface area contributed by atoms with Crippen molar-refractivity contribution >= 4 is 23.2 Å². The van der Waals surface area contributed by atoms with Crippen LogP contribution in [0, 0.1) is 13.8 Å². The molecule has 1 atom stereocenters. The average molecular weight is 309 g/mol. The fourth-order valence-corrected chi connectivity index (χ4v) is 3.01. The Hall–Kier alpha value is -1.06. The summed E-state index contributed by atoms with van der Waals surface area (Å²) >= 11 is 12.2. The molecule has 0 aromatic heterocycles. The van der Waals surface area contributed by atoms with E-state index in [0.717, 1.165) is 12.0 Å². The van der Waals surface area contributed by atoms with E-state index in [1.165, 1.54) is 16.7 Å². The van der Waals surface area contributed by atoms with Crippen LogP contribution in [-0.2, 0) is 6.42 Å². The number of aryl methyl sites for hydroxylation is 2. The molecule has 0 saturated carbocycles.